The highest BCUT2D eigenvalue weighted by Gasteiger charge is 2.22. The van der Waals surface area contributed by atoms with Crippen LogP contribution in [0.2, 0.25) is 0 Å². The van der Waals surface area contributed by atoms with E-state index in [4.69, 9.17) is 5.10 Å². The van der Waals surface area contributed by atoms with Gasteiger partial charge in [0.25, 0.3) is 0 Å². The summed E-state index contributed by atoms with van der Waals surface area (Å²) in [7, 11) is 0. The Labute approximate surface area is 198 Å². The number of nitrogens with zero attached hydrogens (tertiary/aromatic N) is 4. The molecule has 2 amide bonds. The number of aromatic nitrogens is 2. The van der Waals surface area contributed by atoms with Crippen molar-refractivity contribution in [2.45, 2.75) is 6.54 Å². The van der Waals surface area contributed by atoms with Crippen LogP contribution >= 0.6 is 0 Å². The largest absolute Gasteiger partial charge is 0.508 e. The van der Waals surface area contributed by atoms with E-state index in [2.05, 4.69) is 10.2 Å². The van der Waals surface area contributed by atoms with Crippen LogP contribution in [-0.2, 0) is 6.54 Å². The zero-order chi connectivity index (χ0) is 23.3. The summed E-state index contributed by atoms with van der Waals surface area (Å²) in [6.45, 7) is 3.07. The van der Waals surface area contributed by atoms with Gasteiger partial charge >= 0.3 is 6.03 Å². The third-order valence-electron chi connectivity index (χ3n) is 6.05. The minimum Gasteiger partial charge on any atom is -0.508 e. The van der Waals surface area contributed by atoms with E-state index in [1.54, 1.807) is 12.1 Å². The Morgan fingerprint density at radius 3 is 2.24 bits per heavy atom. The summed E-state index contributed by atoms with van der Waals surface area (Å²) in [4.78, 5) is 16.9. The summed E-state index contributed by atoms with van der Waals surface area (Å²) in [5, 5.41) is 17.6. The number of rotatable bonds is 5. The molecule has 5 rings (SSSR count). The molecule has 0 spiro atoms. The predicted molar refractivity (Wildman–Crippen MR) is 133 cm³/mol. The Morgan fingerprint density at radius 1 is 0.853 bits per heavy atom. The second kappa shape index (κ2) is 9.70. The molecule has 0 unspecified atom stereocenters. The van der Waals surface area contributed by atoms with Crippen molar-refractivity contribution in [3.63, 3.8) is 0 Å². The van der Waals surface area contributed by atoms with Gasteiger partial charge in [0.05, 0.1) is 11.4 Å². The van der Waals surface area contributed by atoms with Gasteiger partial charge in [-0.05, 0) is 24.3 Å². The first-order valence-corrected chi connectivity index (χ1v) is 11.4. The van der Waals surface area contributed by atoms with Crippen LogP contribution in [0.3, 0.4) is 0 Å². The van der Waals surface area contributed by atoms with Gasteiger partial charge in [-0.3, -0.25) is 0 Å². The number of phenolic OH excluding ortho intramolecular Hbond substituents is 1. The highest BCUT2D eigenvalue weighted by atomic mass is 16.3. The number of amides is 2. The molecule has 1 aliphatic rings. The average molecular weight is 454 g/mol. The zero-order valence-electron chi connectivity index (χ0n) is 18.8. The van der Waals surface area contributed by atoms with Gasteiger partial charge in [0.1, 0.15) is 5.75 Å². The van der Waals surface area contributed by atoms with E-state index in [0.29, 0.717) is 19.6 Å². The molecule has 0 aliphatic carbocycles. The van der Waals surface area contributed by atoms with Crippen LogP contribution in [0.25, 0.3) is 16.9 Å². The van der Waals surface area contributed by atoms with Gasteiger partial charge in [0.15, 0.2) is 0 Å². The Bertz CT molecular complexity index is 1250. The van der Waals surface area contributed by atoms with Crippen molar-refractivity contribution in [1.82, 2.24) is 20.0 Å². The molecule has 0 saturated carbocycles. The predicted octanol–water partition coefficient (Wildman–Crippen LogP) is 4.28. The Kier molecular flexibility index (Phi) is 6.16. The topological polar surface area (TPSA) is 73.6 Å². The molecule has 7 nitrogen and oxygen atoms in total. The quantitative estimate of drug-likeness (QED) is 0.473. The molecule has 34 heavy (non-hydrogen) atoms. The van der Waals surface area contributed by atoms with Crippen LogP contribution in [-0.4, -0.2) is 52.0 Å². The standard InChI is InChI=1S/C27H27N5O2/c33-25-13-7-12-24(18-25)30-14-16-31(17-15-30)27(34)28-19-22-20-32(23-10-5-2-6-11-23)29-26(22)21-8-3-1-4-9-21/h1-13,18,20,33H,14-17,19H2,(H,28,34). The van der Waals surface area contributed by atoms with E-state index in [1.807, 2.05) is 88.6 Å². The first-order chi connectivity index (χ1) is 16.7. The second-order valence-electron chi connectivity index (χ2n) is 8.30. The fourth-order valence-electron chi connectivity index (χ4n) is 4.23. The van der Waals surface area contributed by atoms with Crippen LogP contribution in [0.4, 0.5) is 10.5 Å². The first kappa shape index (κ1) is 21.6. The molecule has 1 aromatic heterocycles. The number of carbonyl (C=O) groups excluding carboxylic acids is 1. The molecular weight excluding hydrogens is 426 g/mol. The van der Waals surface area contributed by atoms with E-state index in [9.17, 15) is 9.90 Å². The van der Waals surface area contributed by atoms with Gasteiger partial charge in [-0.1, -0.05) is 54.6 Å². The number of carbonyl (C=O) groups is 1. The smallest absolute Gasteiger partial charge is 0.317 e. The first-order valence-electron chi connectivity index (χ1n) is 11.4. The monoisotopic (exact) mass is 453 g/mol. The molecule has 2 heterocycles. The van der Waals surface area contributed by atoms with Crippen molar-refractivity contribution in [2.75, 3.05) is 31.1 Å². The number of hydrogen-bond acceptors (Lipinski definition) is 4. The maximum atomic E-state index is 12.9. The van der Waals surface area contributed by atoms with Gasteiger partial charge in [-0.2, -0.15) is 5.10 Å². The Morgan fingerprint density at radius 2 is 1.53 bits per heavy atom. The van der Waals surface area contributed by atoms with Crippen molar-refractivity contribution in [2.24, 2.45) is 0 Å². The summed E-state index contributed by atoms with van der Waals surface area (Å²) < 4.78 is 1.86. The fourth-order valence-corrected chi connectivity index (χ4v) is 4.23. The number of nitrogens with one attached hydrogen (secondary N) is 1. The van der Waals surface area contributed by atoms with E-state index in [-0.39, 0.29) is 11.8 Å². The molecule has 7 heteroatoms. The third-order valence-corrected chi connectivity index (χ3v) is 6.05. The van der Waals surface area contributed by atoms with Crippen molar-refractivity contribution in [3.8, 4) is 22.7 Å². The highest BCUT2D eigenvalue weighted by Crippen LogP contribution is 2.24. The van der Waals surface area contributed by atoms with Crippen LogP contribution in [0.15, 0.2) is 91.1 Å². The molecule has 0 radical (unpaired) electrons. The fraction of sp³-hybridized carbons (Fsp3) is 0.185. The average Bonchev–Trinajstić information content (AvgIpc) is 3.33. The van der Waals surface area contributed by atoms with Gasteiger partial charge < -0.3 is 20.2 Å². The van der Waals surface area contributed by atoms with E-state index < -0.39 is 0 Å². The van der Waals surface area contributed by atoms with Crippen LogP contribution in [0.1, 0.15) is 5.56 Å². The number of anilines is 1. The van der Waals surface area contributed by atoms with Crippen LogP contribution < -0.4 is 10.2 Å². The van der Waals surface area contributed by atoms with E-state index in [0.717, 1.165) is 41.3 Å². The minimum absolute atomic E-state index is 0.0815. The zero-order valence-corrected chi connectivity index (χ0v) is 18.8. The van der Waals surface area contributed by atoms with Gasteiger partial charge in [-0.15, -0.1) is 0 Å². The number of aromatic hydroxyl groups is 1. The lowest BCUT2D eigenvalue weighted by molar-refractivity contribution is 0.194. The molecule has 0 atom stereocenters. The van der Waals surface area contributed by atoms with Crippen molar-refractivity contribution in [1.29, 1.82) is 0 Å². The number of hydrogen-bond donors (Lipinski definition) is 2. The Balaban J connectivity index is 1.26. The number of para-hydroxylation sites is 1. The molecular formula is C27H27N5O2. The maximum absolute atomic E-state index is 12.9. The highest BCUT2D eigenvalue weighted by molar-refractivity contribution is 5.75. The van der Waals surface area contributed by atoms with E-state index >= 15 is 0 Å². The summed E-state index contributed by atoms with van der Waals surface area (Å²) in [6, 6.07) is 27.1. The molecule has 172 valence electrons. The number of urea groups is 1. The normalized spacial score (nSPS) is 13.6. The van der Waals surface area contributed by atoms with Crippen LogP contribution in [0.5, 0.6) is 5.75 Å². The SMILES string of the molecule is O=C(NCc1cn(-c2ccccc2)nc1-c1ccccc1)N1CCN(c2cccc(O)c2)CC1. The number of benzene rings is 3. The van der Waals surface area contributed by atoms with Crippen molar-refractivity contribution < 1.29 is 9.90 Å². The van der Waals surface area contributed by atoms with Gasteiger partial charge in [0.2, 0.25) is 0 Å². The van der Waals surface area contributed by atoms with Crippen molar-refractivity contribution in [3.05, 3.63) is 96.7 Å². The summed E-state index contributed by atoms with van der Waals surface area (Å²) >= 11 is 0. The second-order valence-corrected chi connectivity index (χ2v) is 8.30. The lowest BCUT2D eigenvalue weighted by Crippen LogP contribution is -2.51. The van der Waals surface area contributed by atoms with Crippen molar-refractivity contribution >= 4 is 11.7 Å². The minimum atomic E-state index is -0.0815. The Hall–Kier alpha value is -4.26. The summed E-state index contributed by atoms with van der Waals surface area (Å²) in [5.74, 6) is 0.253. The molecule has 1 saturated heterocycles. The number of piperazine rings is 1. The van der Waals surface area contributed by atoms with Crippen LogP contribution in [0, 0.1) is 0 Å². The summed E-state index contributed by atoms with van der Waals surface area (Å²) in [5.41, 5.74) is 4.78. The number of phenols is 1. The van der Waals surface area contributed by atoms with E-state index in [1.165, 1.54) is 0 Å². The molecule has 1 fully saturated rings. The van der Waals surface area contributed by atoms with Gasteiger partial charge in [0, 0.05) is 61.8 Å². The van der Waals surface area contributed by atoms with Gasteiger partial charge in [-0.25, -0.2) is 9.48 Å². The molecule has 0 bridgehead atoms. The molecule has 1 aliphatic heterocycles. The summed E-state index contributed by atoms with van der Waals surface area (Å²) in [6.07, 6.45) is 1.98. The molecule has 2 N–H and O–H groups in total. The molecule has 4 aromatic rings. The molecule has 3 aromatic carbocycles. The maximum Gasteiger partial charge on any atom is 0.317 e. The lowest BCUT2D eigenvalue weighted by atomic mass is 10.1. The third kappa shape index (κ3) is 4.73. The lowest BCUT2D eigenvalue weighted by Gasteiger charge is -2.36.